The Morgan fingerprint density at radius 1 is 1.28 bits per heavy atom. The Balaban J connectivity index is 1.70. The van der Waals surface area contributed by atoms with E-state index in [2.05, 4.69) is 15.3 Å². The van der Waals surface area contributed by atoms with Gasteiger partial charge >= 0.3 is 0 Å². The van der Waals surface area contributed by atoms with E-state index in [0.29, 0.717) is 18.7 Å². The fourth-order valence-electron chi connectivity index (χ4n) is 2.86. The molecule has 1 atom stereocenters. The van der Waals surface area contributed by atoms with Crippen LogP contribution in [0.15, 0.2) is 42.7 Å². The molecule has 2 heterocycles. The van der Waals surface area contributed by atoms with Crippen LogP contribution in [-0.2, 0) is 9.84 Å². The Labute approximate surface area is 147 Å². The maximum Gasteiger partial charge on any atom is 0.272 e. The second-order valence-corrected chi connectivity index (χ2v) is 8.50. The normalized spacial score (nSPS) is 18.7. The lowest BCUT2D eigenvalue weighted by atomic mass is 10.2. The average Bonchev–Trinajstić information content (AvgIpc) is 2.93. The molecule has 1 aliphatic heterocycles. The minimum atomic E-state index is -3.09. The molecule has 3 rings (SSSR count). The van der Waals surface area contributed by atoms with Crippen molar-refractivity contribution in [1.29, 1.82) is 0 Å². The molecule has 1 fully saturated rings. The number of para-hydroxylation sites is 1. The molecule has 132 valence electrons. The molecule has 1 aromatic carbocycles. The predicted octanol–water partition coefficient (Wildman–Crippen LogP) is 1.87. The summed E-state index contributed by atoms with van der Waals surface area (Å²) >= 11 is 0. The highest BCUT2D eigenvalue weighted by molar-refractivity contribution is 7.92. The van der Waals surface area contributed by atoms with Crippen LogP contribution in [0, 0.1) is 0 Å². The number of carbonyl (C=O) groups excluding carboxylic acids is 1. The summed E-state index contributed by atoms with van der Waals surface area (Å²) in [6, 6.07) is 11.0. The van der Waals surface area contributed by atoms with Gasteiger partial charge in [-0.3, -0.25) is 4.79 Å². The van der Waals surface area contributed by atoms with Gasteiger partial charge in [0, 0.05) is 25.3 Å². The van der Waals surface area contributed by atoms with Crippen LogP contribution in [0.5, 0.6) is 0 Å². The van der Waals surface area contributed by atoms with Gasteiger partial charge in [-0.2, -0.15) is 0 Å². The molecule has 8 heteroatoms. The first-order chi connectivity index (χ1) is 12.0. The maximum atomic E-state index is 12.6. The zero-order valence-corrected chi connectivity index (χ0v) is 14.7. The number of carbonyl (C=O) groups is 1. The summed E-state index contributed by atoms with van der Waals surface area (Å²) in [5.41, 5.74) is 1.08. The zero-order chi connectivity index (χ0) is 17.9. The highest BCUT2D eigenvalue weighted by Gasteiger charge is 2.33. The van der Waals surface area contributed by atoms with Crippen LogP contribution >= 0.6 is 0 Å². The van der Waals surface area contributed by atoms with Crippen LogP contribution in [0.3, 0.4) is 0 Å². The number of hydrogen-bond donors (Lipinski definition) is 1. The Bertz CT molecular complexity index is 855. The van der Waals surface area contributed by atoms with E-state index >= 15 is 0 Å². The van der Waals surface area contributed by atoms with E-state index in [0.717, 1.165) is 5.69 Å². The Morgan fingerprint density at radius 2 is 2.04 bits per heavy atom. The second-order valence-electron chi connectivity index (χ2n) is 6.10. The third kappa shape index (κ3) is 4.14. The summed E-state index contributed by atoms with van der Waals surface area (Å²) in [6.07, 6.45) is 2.58. The number of amides is 1. The summed E-state index contributed by atoms with van der Waals surface area (Å²) in [5.74, 6) is 0.394. The highest BCUT2D eigenvalue weighted by Crippen LogP contribution is 2.21. The average molecular weight is 360 g/mol. The van der Waals surface area contributed by atoms with E-state index in [-0.39, 0.29) is 23.9 Å². The number of aromatic nitrogens is 2. The minimum absolute atomic E-state index is 0.187. The molecule has 1 amide bonds. The van der Waals surface area contributed by atoms with Gasteiger partial charge in [-0.25, -0.2) is 18.4 Å². The molecule has 25 heavy (non-hydrogen) atoms. The topological polar surface area (TPSA) is 92.3 Å². The predicted molar refractivity (Wildman–Crippen MR) is 95.5 cm³/mol. The van der Waals surface area contributed by atoms with E-state index < -0.39 is 15.1 Å². The first kappa shape index (κ1) is 17.3. The molecular formula is C17H20N4O3S. The van der Waals surface area contributed by atoms with Crippen LogP contribution in [-0.4, -0.2) is 53.8 Å². The van der Waals surface area contributed by atoms with Gasteiger partial charge in [0.25, 0.3) is 5.91 Å². The van der Waals surface area contributed by atoms with Crippen LogP contribution in [0.4, 0.5) is 11.5 Å². The summed E-state index contributed by atoms with van der Waals surface area (Å²) < 4.78 is 23.9. The van der Waals surface area contributed by atoms with Gasteiger partial charge in [0.15, 0.2) is 9.84 Å². The third-order valence-electron chi connectivity index (χ3n) is 4.22. The molecule has 7 nitrogen and oxygen atoms in total. The molecule has 1 unspecified atom stereocenters. The van der Waals surface area contributed by atoms with Crippen molar-refractivity contribution >= 4 is 27.2 Å². The number of benzene rings is 1. The van der Waals surface area contributed by atoms with Crippen molar-refractivity contribution in [2.75, 3.05) is 24.7 Å². The number of rotatable bonds is 5. The lowest BCUT2D eigenvalue weighted by Gasteiger charge is -2.20. The fourth-order valence-corrected chi connectivity index (χ4v) is 4.74. The van der Waals surface area contributed by atoms with Gasteiger partial charge in [-0.05, 0) is 25.0 Å². The van der Waals surface area contributed by atoms with Crippen LogP contribution < -0.4 is 5.32 Å². The van der Waals surface area contributed by atoms with Crippen molar-refractivity contribution in [3.05, 3.63) is 48.4 Å². The van der Waals surface area contributed by atoms with Crippen molar-refractivity contribution in [2.24, 2.45) is 0 Å². The molecule has 0 bridgehead atoms. The molecule has 0 radical (unpaired) electrons. The number of nitrogens with one attached hydrogen (secondary N) is 1. The van der Waals surface area contributed by atoms with E-state index in [4.69, 9.17) is 0 Å². The van der Waals surface area contributed by atoms with Crippen molar-refractivity contribution in [1.82, 2.24) is 14.9 Å². The first-order valence-electron chi connectivity index (χ1n) is 8.07. The monoisotopic (exact) mass is 360 g/mol. The summed E-state index contributed by atoms with van der Waals surface area (Å²) in [4.78, 5) is 22.1. The van der Waals surface area contributed by atoms with Crippen LogP contribution in [0.2, 0.25) is 0 Å². The van der Waals surface area contributed by atoms with E-state index in [9.17, 15) is 13.2 Å². The first-order valence-corrected chi connectivity index (χ1v) is 9.78. The largest absolute Gasteiger partial charge is 0.340 e. The van der Waals surface area contributed by atoms with Gasteiger partial charge in [0.1, 0.15) is 17.8 Å². The van der Waals surface area contributed by atoms with Gasteiger partial charge in [-0.15, -0.1) is 0 Å². The van der Waals surface area contributed by atoms with Gasteiger partial charge in [-0.1, -0.05) is 18.2 Å². The number of anilines is 2. The number of hydrogen-bond acceptors (Lipinski definition) is 6. The fraction of sp³-hybridized carbons (Fsp3) is 0.353. The van der Waals surface area contributed by atoms with Crippen molar-refractivity contribution in [3.8, 4) is 0 Å². The van der Waals surface area contributed by atoms with Crippen molar-refractivity contribution in [3.63, 3.8) is 0 Å². The molecular weight excluding hydrogens is 340 g/mol. The minimum Gasteiger partial charge on any atom is -0.340 e. The second kappa shape index (κ2) is 7.18. The molecule has 1 N–H and O–H groups in total. The van der Waals surface area contributed by atoms with Crippen molar-refractivity contribution < 1.29 is 13.2 Å². The van der Waals surface area contributed by atoms with E-state index in [1.165, 1.54) is 11.2 Å². The molecule has 2 aromatic rings. The molecule has 0 aliphatic carbocycles. The third-order valence-corrected chi connectivity index (χ3v) is 6.48. The van der Waals surface area contributed by atoms with Crippen molar-refractivity contribution in [2.45, 2.75) is 18.1 Å². The summed E-state index contributed by atoms with van der Waals surface area (Å²) in [5, 5.41) is 2.63. The summed E-state index contributed by atoms with van der Waals surface area (Å²) in [7, 11) is -1.49. The Kier molecular flexibility index (Phi) is 4.98. The Morgan fingerprint density at radius 3 is 2.72 bits per heavy atom. The SMILES string of the molecule is CN(CC1CCCS1(=O)=O)C(=O)c1cc(Nc2ccccc2)ncn1. The Hall–Kier alpha value is -2.48. The number of sulfone groups is 1. The zero-order valence-electron chi connectivity index (χ0n) is 13.9. The summed E-state index contributed by atoms with van der Waals surface area (Å²) in [6.45, 7) is 0.187. The van der Waals surface area contributed by atoms with E-state index in [1.807, 2.05) is 30.3 Å². The lowest BCUT2D eigenvalue weighted by Crippen LogP contribution is -2.36. The standard InChI is InChI=1S/C17H20N4O3S/c1-21(11-14-8-5-9-25(14,23)24)17(22)15-10-16(19-12-18-15)20-13-6-3-2-4-7-13/h2-4,6-7,10,12,14H,5,8-9,11H2,1H3,(H,18,19,20). The molecule has 1 saturated heterocycles. The van der Waals surface area contributed by atoms with Gasteiger partial charge in [0.2, 0.25) is 0 Å². The smallest absolute Gasteiger partial charge is 0.272 e. The van der Waals surface area contributed by atoms with Crippen LogP contribution in [0.1, 0.15) is 23.3 Å². The molecule has 1 aromatic heterocycles. The highest BCUT2D eigenvalue weighted by atomic mass is 32.2. The quantitative estimate of drug-likeness (QED) is 0.875. The lowest BCUT2D eigenvalue weighted by molar-refractivity contribution is 0.0789. The number of nitrogens with zero attached hydrogens (tertiary/aromatic N) is 3. The van der Waals surface area contributed by atoms with Gasteiger partial charge in [0.05, 0.1) is 11.0 Å². The molecule has 0 saturated carbocycles. The maximum absolute atomic E-state index is 12.6. The van der Waals surface area contributed by atoms with E-state index in [1.54, 1.807) is 13.1 Å². The molecule has 0 spiro atoms. The van der Waals surface area contributed by atoms with Crippen LogP contribution in [0.25, 0.3) is 0 Å². The van der Waals surface area contributed by atoms with Gasteiger partial charge < -0.3 is 10.2 Å². The molecule has 1 aliphatic rings.